The Bertz CT molecular complexity index is 685. The van der Waals surface area contributed by atoms with Gasteiger partial charge >= 0.3 is 0 Å². The Hall–Kier alpha value is -1.92. The van der Waals surface area contributed by atoms with Crippen LogP contribution in [0.3, 0.4) is 0 Å². The molecule has 0 spiro atoms. The zero-order valence-corrected chi connectivity index (χ0v) is 12.8. The van der Waals surface area contributed by atoms with Crippen molar-refractivity contribution in [1.29, 1.82) is 0 Å². The van der Waals surface area contributed by atoms with E-state index in [9.17, 15) is 14.3 Å². The van der Waals surface area contributed by atoms with Gasteiger partial charge in [-0.3, -0.25) is 4.79 Å². The fraction of sp³-hybridized carbons (Fsp3) is 0.312. The molecule has 2 atom stereocenters. The first kappa shape index (κ1) is 15.0. The van der Waals surface area contributed by atoms with E-state index in [-0.39, 0.29) is 18.3 Å². The molecular weight excluding hydrogens is 305 g/mol. The molecule has 2 unspecified atom stereocenters. The molecule has 1 aromatic carbocycles. The predicted molar refractivity (Wildman–Crippen MR) is 81.4 cm³/mol. The Morgan fingerprint density at radius 2 is 2.36 bits per heavy atom. The molecule has 0 bridgehead atoms. The van der Waals surface area contributed by atoms with Gasteiger partial charge in [-0.05, 0) is 36.6 Å². The van der Waals surface area contributed by atoms with E-state index < -0.39 is 11.7 Å². The molecule has 116 valence electrons. The molecule has 2 aromatic rings. The van der Waals surface area contributed by atoms with Crippen LogP contribution < -0.4 is 10.1 Å². The maximum Gasteiger partial charge on any atom is 0.261 e. The molecule has 1 amide bonds. The summed E-state index contributed by atoms with van der Waals surface area (Å²) in [5, 5.41) is 15.0. The third kappa shape index (κ3) is 2.98. The highest BCUT2D eigenvalue weighted by atomic mass is 32.1. The minimum atomic E-state index is -1.12. The second-order valence-corrected chi connectivity index (χ2v) is 6.48. The molecule has 0 fully saturated rings. The lowest BCUT2D eigenvalue weighted by molar-refractivity contribution is -0.128. The second kappa shape index (κ2) is 5.70. The fourth-order valence-electron chi connectivity index (χ4n) is 2.41. The molecule has 0 aliphatic carbocycles. The third-order valence-corrected chi connectivity index (χ3v) is 4.77. The van der Waals surface area contributed by atoms with Gasteiger partial charge in [0.2, 0.25) is 0 Å². The van der Waals surface area contributed by atoms with Crippen molar-refractivity contribution in [2.45, 2.75) is 25.0 Å². The monoisotopic (exact) mass is 321 g/mol. The van der Waals surface area contributed by atoms with Gasteiger partial charge in [-0.25, -0.2) is 4.39 Å². The molecule has 2 heterocycles. The smallest absolute Gasteiger partial charge is 0.261 e. The quantitative estimate of drug-likeness (QED) is 0.908. The number of hydrogen-bond acceptors (Lipinski definition) is 4. The van der Waals surface area contributed by atoms with Gasteiger partial charge in [-0.15, -0.1) is 11.3 Å². The van der Waals surface area contributed by atoms with Gasteiger partial charge in [0.25, 0.3) is 5.91 Å². The number of carbonyl (C=O) groups is 1. The van der Waals surface area contributed by atoms with Crippen molar-refractivity contribution < 1.29 is 19.0 Å². The molecular formula is C16H16FNO3S. The van der Waals surface area contributed by atoms with Gasteiger partial charge in [0, 0.05) is 16.9 Å². The van der Waals surface area contributed by atoms with Crippen LogP contribution in [0.2, 0.25) is 0 Å². The van der Waals surface area contributed by atoms with Gasteiger partial charge in [-0.2, -0.15) is 0 Å². The van der Waals surface area contributed by atoms with Crippen molar-refractivity contribution in [3.63, 3.8) is 0 Å². The molecule has 1 aliphatic heterocycles. The minimum Gasteiger partial charge on any atom is -0.480 e. The summed E-state index contributed by atoms with van der Waals surface area (Å²) in [6, 6.07) is 7.88. The predicted octanol–water partition coefficient (Wildman–Crippen LogP) is 2.21. The van der Waals surface area contributed by atoms with Crippen molar-refractivity contribution in [2.24, 2.45) is 0 Å². The number of fused-ring (bicyclic) bond motifs is 1. The van der Waals surface area contributed by atoms with Gasteiger partial charge in [-0.1, -0.05) is 6.07 Å². The van der Waals surface area contributed by atoms with Crippen LogP contribution >= 0.6 is 11.3 Å². The number of nitrogens with one attached hydrogen (secondary N) is 1. The number of halogens is 1. The van der Waals surface area contributed by atoms with Gasteiger partial charge in [0.1, 0.15) is 17.2 Å². The summed E-state index contributed by atoms with van der Waals surface area (Å²) in [5.41, 5.74) is -0.438. The molecule has 1 aromatic heterocycles. The third-order valence-electron chi connectivity index (χ3n) is 3.65. The van der Waals surface area contributed by atoms with Crippen LogP contribution in [0.4, 0.5) is 4.39 Å². The van der Waals surface area contributed by atoms with E-state index in [1.54, 1.807) is 6.92 Å². The maximum absolute atomic E-state index is 13.2. The number of carbonyl (C=O) groups excluding carboxylic acids is 1. The molecule has 22 heavy (non-hydrogen) atoms. The van der Waals surface area contributed by atoms with Crippen LogP contribution in [0, 0.1) is 5.82 Å². The van der Waals surface area contributed by atoms with Gasteiger partial charge in [0.05, 0.1) is 6.54 Å². The van der Waals surface area contributed by atoms with E-state index in [1.807, 2.05) is 17.5 Å². The van der Waals surface area contributed by atoms with Crippen molar-refractivity contribution in [1.82, 2.24) is 5.32 Å². The van der Waals surface area contributed by atoms with E-state index in [0.29, 0.717) is 17.7 Å². The largest absolute Gasteiger partial charge is 0.480 e. The van der Waals surface area contributed by atoms with E-state index in [0.717, 1.165) is 4.88 Å². The lowest BCUT2D eigenvalue weighted by atomic mass is 10.0. The van der Waals surface area contributed by atoms with Crippen LogP contribution in [0.5, 0.6) is 5.75 Å². The average molecular weight is 321 g/mol. The zero-order valence-electron chi connectivity index (χ0n) is 12.0. The topological polar surface area (TPSA) is 58.6 Å². The first-order valence-electron chi connectivity index (χ1n) is 6.95. The van der Waals surface area contributed by atoms with E-state index >= 15 is 0 Å². The number of benzene rings is 1. The van der Waals surface area contributed by atoms with Crippen LogP contribution in [0.15, 0.2) is 35.7 Å². The molecule has 0 radical (unpaired) electrons. The van der Waals surface area contributed by atoms with Crippen LogP contribution in [0.25, 0.3) is 0 Å². The molecule has 6 heteroatoms. The summed E-state index contributed by atoms with van der Waals surface area (Å²) in [4.78, 5) is 13.0. The average Bonchev–Trinajstić information content (AvgIpc) is 3.13. The summed E-state index contributed by atoms with van der Waals surface area (Å²) >= 11 is 1.43. The van der Waals surface area contributed by atoms with Crippen LogP contribution in [-0.2, 0) is 16.8 Å². The number of hydrogen-bond donors (Lipinski definition) is 2. The lowest BCUT2D eigenvalue weighted by Gasteiger charge is -2.23. The molecule has 4 nitrogen and oxygen atoms in total. The lowest BCUT2D eigenvalue weighted by Crippen LogP contribution is -2.44. The molecule has 1 aliphatic rings. The summed E-state index contributed by atoms with van der Waals surface area (Å²) in [6.07, 6.45) is -0.351. The summed E-state index contributed by atoms with van der Waals surface area (Å²) in [5.74, 6) is -0.121. The number of rotatable bonds is 4. The van der Waals surface area contributed by atoms with Crippen LogP contribution in [-0.4, -0.2) is 23.7 Å². The van der Waals surface area contributed by atoms with Crippen molar-refractivity contribution >= 4 is 17.2 Å². The number of amides is 1. The first-order valence-corrected chi connectivity index (χ1v) is 7.83. The molecule has 0 saturated carbocycles. The van der Waals surface area contributed by atoms with Crippen LogP contribution in [0.1, 0.15) is 17.4 Å². The number of thiophene rings is 1. The highest BCUT2D eigenvalue weighted by Crippen LogP contribution is 2.29. The first-order chi connectivity index (χ1) is 10.5. The van der Waals surface area contributed by atoms with Crippen molar-refractivity contribution in [3.8, 4) is 5.75 Å². The summed E-state index contributed by atoms with van der Waals surface area (Å²) in [6.45, 7) is 1.75. The van der Waals surface area contributed by atoms with Crippen molar-refractivity contribution in [2.75, 3.05) is 6.54 Å². The standard InChI is InChI=1S/C16H16FNO3S/c1-16(20,14-3-2-6-22-14)9-18-15(19)13-8-10-7-11(17)4-5-12(10)21-13/h2-7,13,20H,8-9H2,1H3,(H,18,19). The Balaban J connectivity index is 1.60. The van der Waals surface area contributed by atoms with E-state index in [1.165, 1.54) is 29.5 Å². The normalized spacial score (nSPS) is 19.1. The van der Waals surface area contributed by atoms with E-state index in [4.69, 9.17) is 4.74 Å². The Morgan fingerprint density at radius 3 is 3.09 bits per heavy atom. The Labute approximate surface area is 131 Å². The maximum atomic E-state index is 13.2. The minimum absolute atomic E-state index is 0.0942. The van der Waals surface area contributed by atoms with Crippen molar-refractivity contribution in [3.05, 3.63) is 52.0 Å². The fourth-order valence-corrected chi connectivity index (χ4v) is 3.20. The summed E-state index contributed by atoms with van der Waals surface area (Å²) < 4.78 is 18.7. The number of aliphatic hydroxyl groups is 1. The second-order valence-electron chi connectivity index (χ2n) is 5.53. The molecule has 0 saturated heterocycles. The highest BCUT2D eigenvalue weighted by molar-refractivity contribution is 7.10. The highest BCUT2D eigenvalue weighted by Gasteiger charge is 2.31. The number of ether oxygens (including phenoxy) is 1. The van der Waals surface area contributed by atoms with Gasteiger partial charge < -0.3 is 15.2 Å². The summed E-state index contributed by atoms with van der Waals surface area (Å²) in [7, 11) is 0. The zero-order chi connectivity index (χ0) is 15.7. The van der Waals surface area contributed by atoms with E-state index in [2.05, 4.69) is 5.32 Å². The molecule has 2 N–H and O–H groups in total. The van der Waals surface area contributed by atoms with Gasteiger partial charge in [0.15, 0.2) is 6.10 Å². The Kier molecular flexibility index (Phi) is 3.88. The SMILES string of the molecule is CC(O)(CNC(=O)C1Cc2cc(F)ccc2O1)c1cccs1. The Morgan fingerprint density at radius 1 is 1.55 bits per heavy atom. The molecule has 3 rings (SSSR count).